The number of methoxy groups -OCH3 is 4. The first-order chi connectivity index (χ1) is 17.9. The van der Waals surface area contributed by atoms with Gasteiger partial charge >= 0.3 is 0 Å². The van der Waals surface area contributed by atoms with Crippen molar-refractivity contribution < 1.29 is 24.1 Å². The largest absolute Gasteiger partial charge is 0.506 e. The zero-order valence-electron chi connectivity index (χ0n) is 20.7. The second kappa shape index (κ2) is 12.0. The highest BCUT2D eigenvalue weighted by atomic mass is 127. The second-order valence-electron chi connectivity index (χ2n) is 7.99. The van der Waals surface area contributed by atoms with Crippen molar-refractivity contribution in [2.24, 2.45) is 4.99 Å². The van der Waals surface area contributed by atoms with Crippen molar-refractivity contribution in [3.63, 3.8) is 0 Å². The fourth-order valence-electron chi connectivity index (χ4n) is 3.89. The predicted molar refractivity (Wildman–Crippen MR) is 164 cm³/mol. The molecule has 6 nitrogen and oxygen atoms in total. The molecule has 0 radical (unpaired) electrons. The van der Waals surface area contributed by atoms with Gasteiger partial charge in [0, 0.05) is 38.6 Å². The third-order valence-electron chi connectivity index (χ3n) is 5.75. The van der Waals surface area contributed by atoms with Crippen LogP contribution in [0.4, 0.5) is 5.69 Å². The van der Waals surface area contributed by atoms with E-state index in [0.29, 0.717) is 34.2 Å². The maximum absolute atomic E-state index is 10.7. The lowest BCUT2D eigenvalue weighted by Gasteiger charge is -2.15. The van der Waals surface area contributed by atoms with E-state index in [1.165, 1.54) is 0 Å². The minimum Gasteiger partial charge on any atom is -0.506 e. The Morgan fingerprint density at radius 2 is 1.14 bits per heavy atom. The number of phenols is 1. The fraction of sp³-hybridized carbons (Fsp3) is 0.138. The second-order valence-corrected chi connectivity index (χ2v) is 10.4. The van der Waals surface area contributed by atoms with Crippen molar-refractivity contribution in [2.75, 3.05) is 28.4 Å². The number of rotatable bonds is 8. The summed E-state index contributed by atoms with van der Waals surface area (Å²) in [5, 5.41) is 10.7. The number of aromatic hydroxyl groups is 1. The van der Waals surface area contributed by atoms with Crippen molar-refractivity contribution in [1.82, 2.24) is 0 Å². The van der Waals surface area contributed by atoms with E-state index in [9.17, 15) is 5.11 Å². The lowest BCUT2D eigenvalue weighted by atomic mass is 9.95. The van der Waals surface area contributed by atoms with E-state index in [-0.39, 0.29) is 5.75 Å². The van der Waals surface area contributed by atoms with Crippen LogP contribution in [0.1, 0.15) is 5.56 Å². The zero-order valence-corrected chi connectivity index (χ0v) is 25.0. The van der Waals surface area contributed by atoms with Crippen molar-refractivity contribution in [1.29, 1.82) is 0 Å². The summed E-state index contributed by atoms with van der Waals surface area (Å²) in [5.41, 5.74) is 4.83. The van der Waals surface area contributed by atoms with Gasteiger partial charge in [0.2, 0.25) is 0 Å². The van der Waals surface area contributed by atoms with Crippen LogP contribution >= 0.6 is 45.2 Å². The molecule has 37 heavy (non-hydrogen) atoms. The van der Waals surface area contributed by atoms with E-state index in [0.717, 1.165) is 29.4 Å². The molecule has 0 unspecified atom stereocenters. The molecule has 4 rings (SSSR count). The Labute approximate surface area is 243 Å². The molecule has 0 spiro atoms. The Bertz CT molecular complexity index is 1350. The van der Waals surface area contributed by atoms with Crippen LogP contribution in [0, 0.1) is 7.14 Å². The van der Waals surface area contributed by atoms with Gasteiger partial charge in [-0.1, -0.05) is 18.2 Å². The van der Waals surface area contributed by atoms with Crippen LogP contribution in [0.2, 0.25) is 0 Å². The summed E-state index contributed by atoms with van der Waals surface area (Å²) in [6.07, 6.45) is 1.69. The molecule has 1 N–H and O–H groups in total. The van der Waals surface area contributed by atoms with Crippen LogP contribution in [0.25, 0.3) is 22.3 Å². The molecule has 190 valence electrons. The highest BCUT2D eigenvalue weighted by Gasteiger charge is 2.16. The van der Waals surface area contributed by atoms with Crippen LogP contribution < -0.4 is 18.9 Å². The Kier molecular flexibility index (Phi) is 8.80. The van der Waals surface area contributed by atoms with Crippen LogP contribution in [0.15, 0.2) is 71.7 Å². The minimum absolute atomic E-state index is 0.190. The first kappa shape index (κ1) is 27.1. The summed E-state index contributed by atoms with van der Waals surface area (Å²) < 4.78 is 23.8. The molecule has 0 aromatic heterocycles. The average molecular weight is 721 g/mol. The number of ether oxygens (including phenoxy) is 4. The Balaban J connectivity index is 1.99. The van der Waals surface area contributed by atoms with E-state index >= 15 is 0 Å². The maximum Gasteiger partial charge on any atom is 0.137 e. The zero-order chi connectivity index (χ0) is 26.5. The van der Waals surface area contributed by atoms with Gasteiger partial charge in [0.05, 0.1) is 37.7 Å². The fourth-order valence-corrected chi connectivity index (χ4v) is 5.78. The van der Waals surface area contributed by atoms with Gasteiger partial charge in [-0.25, -0.2) is 0 Å². The lowest BCUT2D eigenvalue weighted by molar-refractivity contribution is 0.394. The topological polar surface area (TPSA) is 69.5 Å². The van der Waals surface area contributed by atoms with Crippen molar-refractivity contribution in [3.05, 3.63) is 79.4 Å². The molecule has 0 atom stereocenters. The summed E-state index contributed by atoms with van der Waals surface area (Å²) in [5.74, 6) is 2.87. The van der Waals surface area contributed by atoms with Crippen LogP contribution in [0.5, 0.6) is 28.7 Å². The molecule has 0 saturated carbocycles. The standard InChI is InChI=1S/C29H25I2NO5/c1-34-21-9-17(10-22(14-21)35-2)25-6-5-7-26(18-11-23(36-3)15-24(12-18)37-4)28(25)32-16-19-8-20(30)13-27(31)29(19)33/h5-16,33H,1-4H3. The third kappa shape index (κ3) is 6.12. The number of halogens is 2. The molecule has 0 aliphatic carbocycles. The van der Waals surface area contributed by atoms with E-state index in [4.69, 9.17) is 23.9 Å². The average Bonchev–Trinajstić information content (AvgIpc) is 2.93. The van der Waals surface area contributed by atoms with Gasteiger partial charge in [-0.3, -0.25) is 4.99 Å². The molecule has 0 amide bonds. The molecule has 0 aliphatic heterocycles. The number of phenolic OH excluding ortho intramolecular Hbond substituents is 1. The number of para-hydroxylation sites is 1. The van der Waals surface area contributed by atoms with Gasteiger partial charge in [0.25, 0.3) is 0 Å². The molecule has 4 aromatic carbocycles. The first-order valence-corrected chi connectivity index (χ1v) is 13.3. The van der Waals surface area contributed by atoms with E-state index in [1.807, 2.05) is 66.7 Å². The van der Waals surface area contributed by atoms with Crippen LogP contribution in [-0.4, -0.2) is 39.8 Å². The molecular weight excluding hydrogens is 696 g/mol. The van der Waals surface area contributed by atoms with Crippen molar-refractivity contribution in [3.8, 4) is 51.0 Å². The van der Waals surface area contributed by atoms with Gasteiger partial charge in [0.15, 0.2) is 0 Å². The SMILES string of the molecule is COc1cc(OC)cc(-c2cccc(-c3cc(OC)cc(OC)c3)c2N=Cc2cc(I)cc(I)c2O)c1. The van der Waals surface area contributed by atoms with Gasteiger partial charge in [-0.05, 0) is 92.7 Å². The van der Waals surface area contributed by atoms with Gasteiger partial charge in [-0.2, -0.15) is 0 Å². The van der Waals surface area contributed by atoms with Gasteiger partial charge in [-0.15, -0.1) is 0 Å². The molecule has 0 fully saturated rings. The summed E-state index contributed by atoms with van der Waals surface area (Å²) in [6.45, 7) is 0. The number of hydrogen-bond acceptors (Lipinski definition) is 6. The molecule has 8 heteroatoms. The Morgan fingerprint density at radius 3 is 1.57 bits per heavy atom. The van der Waals surface area contributed by atoms with Gasteiger partial charge in [0.1, 0.15) is 28.7 Å². The maximum atomic E-state index is 10.7. The van der Waals surface area contributed by atoms with Crippen molar-refractivity contribution in [2.45, 2.75) is 0 Å². The van der Waals surface area contributed by atoms with Crippen LogP contribution in [0.3, 0.4) is 0 Å². The van der Waals surface area contributed by atoms with E-state index in [1.54, 1.807) is 34.7 Å². The van der Waals surface area contributed by atoms with Crippen LogP contribution in [-0.2, 0) is 0 Å². The molecular formula is C29H25I2NO5. The summed E-state index contributed by atoms with van der Waals surface area (Å²) >= 11 is 4.35. The Hall–Kier alpha value is -2.99. The summed E-state index contributed by atoms with van der Waals surface area (Å²) in [4.78, 5) is 4.94. The number of aliphatic imine (C=N–C) groups is 1. The molecule has 0 aliphatic rings. The minimum atomic E-state index is 0.190. The highest BCUT2D eigenvalue weighted by Crippen LogP contribution is 2.43. The molecule has 0 heterocycles. The van der Waals surface area contributed by atoms with E-state index < -0.39 is 0 Å². The normalized spacial score (nSPS) is 11.0. The number of nitrogens with zero attached hydrogens (tertiary/aromatic N) is 1. The molecule has 0 saturated heterocycles. The highest BCUT2D eigenvalue weighted by molar-refractivity contribution is 14.1. The number of benzene rings is 4. The number of hydrogen-bond donors (Lipinski definition) is 1. The smallest absolute Gasteiger partial charge is 0.137 e. The molecule has 4 aromatic rings. The van der Waals surface area contributed by atoms with Crippen molar-refractivity contribution >= 4 is 57.1 Å². The predicted octanol–water partition coefficient (Wildman–Crippen LogP) is 7.72. The lowest BCUT2D eigenvalue weighted by Crippen LogP contribution is -1.93. The Morgan fingerprint density at radius 1 is 0.676 bits per heavy atom. The first-order valence-electron chi connectivity index (χ1n) is 11.2. The quantitative estimate of drug-likeness (QED) is 0.149. The van der Waals surface area contributed by atoms with Gasteiger partial charge < -0.3 is 24.1 Å². The summed E-state index contributed by atoms with van der Waals surface area (Å²) in [7, 11) is 6.49. The summed E-state index contributed by atoms with van der Waals surface area (Å²) in [6, 6.07) is 21.2. The third-order valence-corrected chi connectivity index (χ3v) is 7.20. The monoisotopic (exact) mass is 721 g/mol. The molecule has 0 bridgehead atoms. The van der Waals surface area contributed by atoms with E-state index in [2.05, 4.69) is 45.2 Å².